The van der Waals surface area contributed by atoms with E-state index >= 15 is 0 Å². The minimum Gasteiger partial charge on any atom is -0.467 e. The van der Waals surface area contributed by atoms with Gasteiger partial charge in [-0.3, -0.25) is 4.79 Å². The number of rotatable bonds is 6. The fourth-order valence-electron chi connectivity index (χ4n) is 3.54. The van der Waals surface area contributed by atoms with Gasteiger partial charge in [-0.15, -0.1) is 0 Å². The van der Waals surface area contributed by atoms with E-state index in [0.717, 1.165) is 34.3 Å². The predicted octanol–water partition coefficient (Wildman–Crippen LogP) is 6.05. The van der Waals surface area contributed by atoms with Crippen molar-refractivity contribution < 1.29 is 13.6 Å². The highest BCUT2D eigenvalue weighted by Crippen LogP contribution is 2.28. The average Bonchev–Trinajstić information content (AvgIpc) is 3.36. The van der Waals surface area contributed by atoms with Crippen LogP contribution in [0.1, 0.15) is 45.5 Å². The molecule has 2 aromatic heterocycles. The predicted molar refractivity (Wildman–Crippen MR) is 114 cm³/mol. The highest BCUT2D eigenvalue weighted by Gasteiger charge is 2.24. The van der Waals surface area contributed by atoms with Gasteiger partial charge >= 0.3 is 0 Å². The van der Waals surface area contributed by atoms with Crippen LogP contribution in [-0.4, -0.2) is 10.8 Å². The molecule has 0 spiro atoms. The molecule has 2 heterocycles. The van der Waals surface area contributed by atoms with Gasteiger partial charge in [0.05, 0.1) is 12.8 Å². The Kier molecular flexibility index (Phi) is 5.26. The van der Waals surface area contributed by atoms with Crippen LogP contribution in [0.3, 0.4) is 0 Å². The van der Waals surface area contributed by atoms with Gasteiger partial charge in [0.25, 0.3) is 5.91 Å². The van der Waals surface area contributed by atoms with Gasteiger partial charge in [-0.05, 0) is 55.7 Å². The second-order valence-corrected chi connectivity index (χ2v) is 7.47. The first-order chi connectivity index (χ1) is 14.0. The largest absolute Gasteiger partial charge is 0.467 e. The van der Waals surface area contributed by atoms with Crippen molar-refractivity contribution in [3.8, 4) is 0 Å². The van der Waals surface area contributed by atoms with Crippen LogP contribution in [0.15, 0.2) is 69.7 Å². The number of amides is 1. The first-order valence-electron chi connectivity index (χ1n) is 9.94. The van der Waals surface area contributed by atoms with Crippen LogP contribution in [-0.2, 0) is 19.5 Å². The molecule has 0 saturated heterocycles. The zero-order valence-electron chi connectivity index (χ0n) is 17.1. The van der Waals surface area contributed by atoms with Gasteiger partial charge in [-0.2, -0.15) is 0 Å². The van der Waals surface area contributed by atoms with Crippen LogP contribution >= 0.6 is 0 Å². The normalized spacial score (nSPS) is 11.1. The van der Waals surface area contributed by atoms with E-state index in [0.29, 0.717) is 18.8 Å². The zero-order chi connectivity index (χ0) is 20.4. The van der Waals surface area contributed by atoms with Gasteiger partial charge < -0.3 is 13.7 Å². The lowest BCUT2D eigenvalue weighted by molar-refractivity contribution is 0.0686. The minimum absolute atomic E-state index is 0.131. The highest BCUT2D eigenvalue weighted by molar-refractivity contribution is 5.99. The summed E-state index contributed by atoms with van der Waals surface area (Å²) in [6, 6.07) is 18.1. The molecule has 4 rings (SSSR count). The maximum atomic E-state index is 13.5. The van der Waals surface area contributed by atoms with Crippen LogP contribution in [0.5, 0.6) is 0 Å². The molecule has 4 nitrogen and oxygen atoms in total. The maximum Gasteiger partial charge on any atom is 0.290 e. The minimum atomic E-state index is -0.131. The van der Waals surface area contributed by atoms with E-state index in [1.807, 2.05) is 31.2 Å². The molecule has 0 bridgehead atoms. The molecule has 0 aliphatic heterocycles. The van der Waals surface area contributed by atoms with Gasteiger partial charge in [-0.1, -0.05) is 42.8 Å². The molecule has 0 aliphatic carbocycles. The molecular weight excluding hydrogens is 362 g/mol. The summed E-state index contributed by atoms with van der Waals surface area (Å²) in [6.45, 7) is 7.00. The summed E-state index contributed by atoms with van der Waals surface area (Å²) in [5.74, 6) is 1.01. The lowest BCUT2D eigenvalue weighted by atomic mass is 10.1. The van der Waals surface area contributed by atoms with Gasteiger partial charge in [0.2, 0.25) is 0 Å². The van der Waals surface area contributed by atoms with Gasteiger partial charge in [-0.25, -0.2) is 0 Å². The smallest absolute Gasteiger partial charge is 0.290 e. The molecule has 0 radical (unpaired) electrons. The number of nitrogens with zero attached hydrogens (tertiary/aromatic N) is 1. The van der Waals surface area contributed by atoms with E-state index in [2.05, 4.69) is 44.2 Å². The topological polar surface area (TPSA) is 46.6 Å². The Bertz CT molecular complexity index is 1120. The molecule has 0 aliphatic rings. The lowest BCUT2D eigenvalue weighted by Crippen LogP contribution is -2.30. The number of aryl methyl sites for hydroxylation is 3. The van der Waals surface area contributed by atoms with Crippen molar-refractivity contribution in [2.45, 2.75) is 40.3 Å². The van der Waals surface area contributed by atoms with Crippen LogP contribution in [0.2, 0.25) is 0 Å². The number of carbonyl (C=O) groups is 1. The number of hydrogen-bond acceptors (Lipinski definition) is 3. The molecule has 1 amide bonds. The van der Waals surface area contributed by atoms with Crippen LogP contribution in [0.25, 0.3) is 11.0 Å². The van der Waals surface area contributed by atoms with Crippen molar-refractivity contribution in [1.82, 2.24) is 4.90 Å². The summed E-state index contributed by atoms with van der Waals surface area (Å²) in [5, 5.41) is 1.00. The molecule has 0 fully saturated rings. The van der Waals surface area contributed by atoms with E-state index < -0.39 is 0 Å². The molecule has 0 N–H and O–H groups in total. The van der Waals surface area contributed by atoms with Crippen LogP contribution in [0.4, 0.5) is 0 Å². The van der Waals surface area contributed by atoms with Crippen LogP contribution < -0.4 is 0 Å². The van der Waals surface area contributed by atoms with E-state index in [9.17, 15) is 4.79 Å². The van der Waals surface area contributed by atoms with Crippen molar-refractivity contribution in [2.24, 2.45) is 0 Å². The number of carbonyl (C=O) groups excluding carboxylic acids is 1. The third-order valence-corrected chi connectivity index (χ3v) is 5.31. The molecule has 29 heavy (non-hydrogen) atoms. The Morgan fingerprint density at radius 3 is 2.41 bits per heavy atom. The number of furan rings is 2. The first kappa shape index (κ1) is 19.1. The fraction of sp³-hybridized carbons (Fsp3) is 0.240. The molecule has 148 valence electrons. The van der Waals surface area contributed by atoms with Gasteiger partial charge in [0, 0.05) is 17.5 Å². The first-order valence-corrected chi connectivity index (χ1v) is 9.94. The second-order valence-electron chi connectivity index (χ2n) is 7.47. The summed E-state index contributed by atoms with van der Waals surface area (Å²) in [4.78, 5) is 15.3. The Balaban J connectivity index is 1.69. The highest BCUT2D eigenvalue weighted by atomic mass is 16.3. The standard InChI is InChI=1S/C25H25NO3/c1-4-19-11-12-23-22(14-19)18(3)24(29-23)25(27)26(16-21-6-5-13-28-21)15-20-9-7-17(2)8-10-20/h5-14H,4,15-16H2,1-3H3. The SMILES string of the molecule is CCc1ccc2oc(C(=O)N(Cc3ccc(C)cc3)Cc3ccco3)c(C)c2c1. The molecule has 0 saturated carbocycles. The Hall–Kier alpha value is -3.27. The Labute approximate surface area is 170 Å². The number of benzene rings is 2. The molecule has 0 atom stereocenters. The fourth-order valence-corrected chi connectivity index (χ4v) is 3.54. The van der Waals surface area contributed by atoms with Crippen molar-refractivity contribution in [1.29, 1.82) is 0 Å². The van der Waals surface area contributed by atoms with Crippen molar-refractivity contribution in [3.63, 3.8) is 0 Å². The number of hydrogen-bond donors (Lipinski definition) is 0. The molecule has 4 aromatic rings. The summed E-state index contributed by atoms with van der Waals surface area (Å²) in [5.41, 5.74) is 5.12. The van der Waals surface area contributed by atoms with E-state index in [4.69, 9.17) is 8.83 Å². The lowest BCUT2D eigenvalue weighted by Gasteiger charge is -2.21. The Morgan fingerprint density at radius 1 is 0.966 bits per heavy atom. The van der Waals surface area contributed by atoms with Crippen molar-refractivity contribution in [2.75, 3.05) is 0 Å². The molecular formula is C25H25NO3. The summed E-state index contributed by atoms with van der Waals surface area (Å²) in [6.07, 6.45) is 2.57. The van der Waals surface area contributed by atoms with Gasteiger partial charge in [0.1, 0.15) is 11.3 Å². The monoisotopic (exact) mass is 387 g/mol. The van der Waals surface area contributed by atoms with E-state index in [-0.39, 0.29) is 5.91 Å². The van der Waals surface area contributed by atoms with Crippen LogP contribution in [0, 0.1) is 13.8 Å². The zero-order valence-corrected chi connectivity index (χ0v) is 17.1. The summed E-state index contributed by atoms with van der Waals surface area (Å²) >= 11 is 0. The average molecular weight is 387 g/mol. The quantitative estimate of drug-likeness (QED) is 0.405. The number of fused-ring (bicyclic) bond motifs is 1. The molecule has 4 heteroatoms. The third-order valence-electron chi connectivity index (χ3n) is 5.31. The molecule has 2 aromatic carbocycles. The summed E-state index contributed by atoms with van der Waals surface area (Å²) < 4.78 is 11.5. The van der Waals surface area contributed by atoms with E-state index in [1.165, 1.54) is 11.1 Å². The molecule has 0 unspecified atom stereocenters. The van der Waals surface area contributed by atoms with E-state index in [1.54, 1.807) is 11.2 Å². The Morgan fingerprint density at radius 2 is 1.72 bits per heavy atom. The van der Waals surface area contributed by atoms with Crippen molar-refractivity contribution >= 4 is 16.9 Å². The second kappa shape index (κ2) is 8.00. The van der Waals surface area contributed by atoms with Crippen molar-refractivity contribution in [3.05, 3.63) is 94.6 Å². The van der Waals surface area contributed by atoms with Gasteiger partial charge in [0.15, 0.2) is 5.76 Å². The third kappa shape index (κ3) is 3.97. The summed E-state index contributed by atoms with van der Waals surface area (Å²) in [7, 11) is 0. The maximum absolute atomic E-state index is 13.5.